The first kappa shape index (κ1) is 18.8. The molecule has 0 N–H and O–H groups in total. The quantitative estimate of drug-likeness (QED) is 0.525. The van der Waals surface area contributed by atoms with Crippen LogP contribution in [0.25, 0.3) is 0 Å². The van der Waals surface area contributed by atoms with E-state index in [1.54, 1.807) is 24.3 Å². The zero-order chi connectivity index (χ0) is 20.3. The average molecular weight is 416 g/mol. The van der Waals surface area contributed by atoms with Gasteiger partial charge in [0.2, 0.25) is 5.91 Å². The van der Waals surface area contributed by atoms with Crippen molar-refractivity contribution in [2.45, 2.75) is 35.5 Å². The number of fused-ring (bicyclic) bond motifs is 1. The summed E-state index contributed by atoms with van der Waals surface area (Å²) in [6.07, 6.45) is 3.89. The molecule has 0 unspecified atom stereocenters. The standard InChI is InChI=1S/C25H21NO3S/c27-24-14-13-21-22(25-28-15-16-29-25)7-4-8-23(21)26(24)17-18-9-11-20(12-10-18)30-19-5-2-1-3-6-19/h1-12,15-16,25H,13-14,17H2. The predicted octanol–water partition coefficient (Wildman–Crippen LogP) is 5.83. The molecule has 30 heavy (non-hydrogen) atoms. The maximum absolute atomic E-state index is 12.7. The summed E-state index contributed by atoms with van der Waals surface area (Å²) in [5.74, 6) is 0.147. The molecule has 0 atom stereocenters. The van der Waals surface area contributed by atoms with Gasteiger partial charge in [0.05, 0.1) is 6.54 Å². The van der Waals surface area contributed by atoms with Crippen LogP contribution in [0.15, 0.2) is 95.1 Å². The largest absolute Gasteiger partial charge is 0.455 e. The zero-order valence-electron chi connectivity index (χ0n) is 16.4. The minimum Gasteiger partial charge on any atom is -0.455 e. The Hall–Kier alpha value is -3.18. The summed E-state index contributed by atoms with van der Waals surface area (Å²) < 4.78 is 11.1. The van der Waals surface area contributed by atoms with Gasteiger partial charge in [-0.3, -0.25) is 4.79 Å². The van der Waals surface area contributed by atoms with Gasteiger partial charge >= 0.3 is 0 Å². The molecule has 0 bridgehead atoms. The maximum Gasteiger partial charge on any atom is 0.266 e. The number of anilines is 1. The molecule has 0 aromatic heterocycles. The highest BCUT2D eigenvalue weighted by Crippen LogP contribution is 2.37. The van der Waals surface area contributed by atoms with Crippen molar-refractivity contribution >= 4 is 23.4 Å². The topological polar surface area (TPSA) is 38.8 Å². The molecule has 0 aliphatic carbocycles. The normalized spacial score (nSPS) is 15.6. The number of rotatable bonds is 5. The zero-order valence-corrected chi connectivity index (χ0v) is 17.2. The molecule has 1 amide bonds. The first-order valence-corrected chi connectivity index (χ1v) is 10.8. The third-order valence-electron chi connectivity index (χ3n) is 5.33. The Balaban J connectivity index is 1.36. The van der Waals surface area contributed by atoms with Crippen LogP contribution in [0.3, 0.4) is 0 Å². The lowest BCUT2D eigenvalue weighted by Crippen LogP contribution is -2.35. The van der Waals surface area contributed by atoms with Gasteiger partial charge in [-0.15, -0.1) is 0 Å². The molecule has 4 nitrogen and oxygen atoms in total. The van der Waals surface area contributed by atoms with E-state index >= 15 is 0 Å². The number of benzene rings is 3. The second-order valence-corrected chi connectivity index (χ2v) is 8.41. The fourth-order valence-corrected chi connectivity index (χ4v) is 4.71. The molecule has 3 aromatic rings. The number of nitrogens with zero attached hydrogens (tertiary/aromatic N) is 1. The third-order valence-corrected chi connectivity index (χ3v) is 6.34. The van der Waals surface area contributed by atoms with E-state index in [4.69, 9.17) is 9.47 Å². The molecule has 5 rings (SSSR count). The first-order valence-electron chi connectivity index (χ1n) is 9.98. The van der Waals surface area contributed by atoms with Gasteiger partial charge < -0.3 is 14.4 Å². The highest BCUT2D eigenvalue weighted by molar-refractivity contribution is 7.99. The molecule has 2 aliphatic heterocycles. The second kappa shape index (κ2) is 8.28. The summed E-state index contributed by atoms with van der Waals surface area (Å²) in [7, 11) is 0. The van der Waals surface area contributed by atoms with Gasteiger partial charge in [0.15, 0.2) is 0 Å². The molecular weight excluding hydrogens is 394 g/mol. The molecule has 0 saturated carbocycles. The Labute approximate surface area is 180 Å². The van der Waals surface area contributed by atoms with Crippen molar-refractivity contribution in [2.24, 2.45) is 0 Å². The molecule has 0 saturated heterocycles. The van der Waals surface area contributed by atoms with E-state index in [1.807, 2.05) is 41.3 Å². The van der Waals surface area contributed by atoms with Crippen LogP contribution in [-0.4, -0.2) is 5.91 Å². The lowest BCUT2D eigenvalue weighted by atomic mass is 9.95. The van der Waals surface area contributed by atoms with Gasteiger partial charge in [-0.1, -0.05) is 54.2 Å². The van der Waals surface area contributed by atoms with Gasteiger partial charge in [0.1, 0.15) is 12.5 Å². The Morgan fingerprint density at radius 3 is 2.33 bits per heavy atom. The molecule has 5 heteroatoms. The molecule has 150 valence electrons. The Morgan fingerprint density at radius 2 is 1.57 bits per heavy atom. The first-order chi connectivity index (χ1) is 14.8. The Morgan fingerprint density at radius 1 is 0.833 bits per heavy atom. The van der Waals surface area contributed by atoms with Crippen LogP contribution in [0.5, 0.6) is 0 Å². The molecule has 3 aromatic carbocycles. The van der Waals surface area contributed by atoms with E-state index in [9.17, 15) is 4.79 Å². The van der Waals surface area contributed by atoms with Crippen molar-refractivity contribution in [2.75, 3.05) is 4.90 Å². The summed E-state index contributed by atoms with van der Waals surface area (Å²) in [5, 5.41) is 0. The molecule has 2 heterocycles. The van der Waals surface area contributed by atoms with Crippen molar-refractivity contribution in [3.63, 3.8) is 0 Å². The van der Waals surface area contributed by atoms with E-state index in [1.165, 1.54) is 9.79 Å². The molecule has 2 aliphatic rings. The van der Waals surface area contributed by atoms with Gasteiger partial charge in [-0.25, -0.2) is 0 Å². The molecule has 0 spiro atoms. The van der Waals surface area contributed by atoms with Crippen LogP contribution in [-0.2, 0) is 27.2 Å². The monoisotopic (exact) mass is 415 g/mol. The summed E-state index contributed by atoms with van der Waals surface area (Å²) in [6, 6.07) is 24.7. The highest BCUT2D eigenvalue weighted by Gasteiger charge is 2.29. The van der Waals surface area contributed by atoms with Crippen molar-refractivity contribution in [3.8, 4) is 0 Å². The number of carbonyl (C=O) groups is 1. The molecule has 0 radical (unpaired) electrons. The van der Waals surface area contributed by atoms with E-state index in [0.29, 0.717) is 19.4 Å². The van der Waals surface area contributed by atoms with Crippen LogP contribution in [0.1, 0.15) is 29.4 Å². The Bertz CT molecular complexity index is 1070. The van der Waals surface area contributed by atoms with Crippen LogP contribution < -0.4 is 4.90 Å². The van der Waals surface area contributed by atoms with E-state index in [0.717, 1.165) is 22.4 Å². The van der Waals surface area contributed by atoms with Crippen LogP contribution in [0, 0.1) is 0 Å². The van der Waals surface area contributed by atoms with Crippen molar-refractivity contribution in [1.29, 1.82) is 0 Å². The maximum atomic E-state index is 12.7. The van der Waals surface area contributed by atoms with Crippen molar-refractivity contribution in [1.82, 2.24) is 0 Å². The molecular formula is C25H21NO3S. The second-order valence-electron chi connectivity index (χ2n) is 7.26. The third kappa shape index (κ3) is 3.81. The number of carbonyl (C=O) groups excluding carboxylic acids is 1. The molecule has 0 fully saturated rings. The smallest absolute Gasteiger partial charge is 0.266 e. The van der Waals surface area contributed by atoms with E-state index in [2.05, 4.69) is 36.4 Å². The van der Waals surface area contributed by atoms with Crippen molar-refractivity contribution in [3.05, 3.63) is 102 Å². The van der Waals surface area contributed by atoms with Gasteiger partial charge in [-0.05, 0) is 47.9 Å². The summed E-state index contributed by atoms with van der Waals surface area (Å²) in [4.78, 5) is 17.0. The predicted molar refractivity (Wildman–Crippen MR) is 117 cm³/mol. The average Bonchev–Trinajstić information content (AvgIpc) is 3.32. The highest BCUT2D eigenvalue weighted by atomic mass is 32.2. The fourth-order valence-electron chi connectivity index (χ4n) is 3.87. The Kier molecular flexibility index (Phi) is 5.20. The van der Waals surface area contributed by atoms with Crippen molar-refractivity contribution < 1.29 is 14.3 Å². The van der Waals surface area contributed by atoms with E-state index in [-0.39, 0.29) is 5.91 Å². The lowest BCUT2D eigenvalue weighted by Gasteiger charge is -2.31. The van der Waals surface area contributed by atoms with Gasteiger partial charge in [0.25, 0.3) is 6.29 Å². The van der Waals surface area contributed by atoms with Gasteiger partial charge in [0, 0.05) is 27.5 Å². The van der Waals surface area contributed by atoms with Crippen LogP contribution >= 0.6 is 11.8 Å². The minimum absolute atomic E-state index is 0.147. The van der Waals surface area contributed by atoms with Crippen LogP contribution in [0.4, 0.5) is 5.69 Å². The van der Waals surface area contributed by atoms with Gasteiger partial charge in [-0.2, -0.15) is 0 Å². The number of ether oxygens (including phenoxy) is 2. The van der Waals surface area contributed by atoms with E-state index < -0.39 is 6.29 Å². The SMILES string of the molecule is O=C1CCc2c(C3OC=CO3)cccc2N1Cc1ccc(Sc2ccccc2)cc1. The summed E-state index contributed by atoms with van der Waals surface area (Å²) in [5.41, 5.74) is 4.17. The minimum atomic E-state index is -0.427. The lowest BCUT2D eigenvalue weighted by molar-refractivity contribution is -0.119. The summed E-state index contributed by atoms with van der Waals surface area (Å²) >= 11 is 1.73. The fraction of sp³-hybridized carbons (Fsp3) is 0.160. The number of hydrogen-bond donors (Lipinski definition) is 0. The van der Waals surface area contributed by atoms with Crippen LogP contribution in [0.2, 0.25) is 0 Å². The number of hydrogen-bond acceptors (Lipinski definition) is 4. The number of amides is 1. The summed E-state index contributed by atoms with van der Waals surface area (Å²) in [6.45, 7) is 0.552.